The topological polar surface area (TPSA) is 44.5 Å². The maximum absolute atomic E-state index is 5.92. The van der Waals surface area contributed by atoms with Crippen LogP contribution in [0.3, 0.4) is 0 Å². The van der Waals surface area contributed by atoms with Gasteiger partial charge in [-0.25, -0.2) is 0 Å². The van der Waals surface area contributed by atoms with Gasteiger partial charge in [-0.15, -0.1) is 0 Å². The van der Waals surface area contributed by atoms with Crippen LogP contribution in [0.2, 0.25) is 6.32 Å². The van der Waals surface area contributed by atoms with E-state index in [0.717, 1.165) is 25.7 Å². The van der Waals surface area contributed by atoms with Crippen molar-refractivity contribution in [2.75, 3.05) is 6.54 Å². The summed E-state index contributed by atoms with van der Waals surface area (Å²) in [5.41, 5.74) is 5.08. The third kappa shape index (κ3) is 3.47. The molecule has 0 saturated carbocycles. The Labute approximate surface area is 100 Å². The van der Waals surface area contributed by atoms with Crippen molar-refractivity contribution in [2.45, 2.75) is 70.9 Å². The molecule has 16 heavy (non-hydrogen) atoms. The molecule has 0 aromatic heterocycles. The Morgan fingerprint density at radius 1 is 0.875 bits per heavy atom. The zero-order chi connectivity index (χ0) is 12.2. The van der Waals surface area contributed by atoms with Crippen LogP contribution in [0.25, 0.3) is 0 Å². The maximum atomic E-state index is 5.92. The summed E-state index contributed by atoms with van der Waals surface area (Å²) in [6.45, 7) is 9.20. The molecular weight excluding hydrogens is 201 g/mol. The van der Waals surface area contributed by atoms with Crippen LogP contribution in [-0.2, 0) is 9.31 Å². The summed E-state index contributed by atoms with van der Waals surface area (Å²) < 4.78 is 11.8. The third-order valence-electron chi connectivity index (χ3n) is 3.70. The molecule has 0 unspecified atom stereocenters. The Morgan fingerprint density at radius 2 is 1.38 bits per heavy atom. The van der Waals surface area contributed by atoms with Crippen LogP contribution < -0.4 is 5.73 Å². The van der Waals surface area contributed by atoms with Crippen molar-refractivity contribution in [3.63, 3.8) is 0 Å². The summed E-state index contributed by atoms with van der Waals surface area (Å²) in [5, 5.41) is 0. The Hall–Kier alpha value is -0.0551. The molecule has 0 aromatic rings. The predicted molar refractivity (Wildman–Crippen MR) is 68.4 cm³/mol. The van der Waals surface area contributed by atoms with Crippen molar-refractivity contribution in [1.29, 1.82) is 0 Å². The fourth-order valence-corrected chi connectivity index (χ4v) is 1.89. The van der Waals surface area contributed by atoms with E-state index in [0.29, 0.717) is 0 Å². The Kier molecular flexibility index (Phi) is 4.83. The van der Waals surface area contributed by atoms with Gasteiger partial charge >= 0.3 is 7.12 Å². The highest BCUT2D eigenvalue weighted by Crippen LogP contribution is 2.38. The van der Waals surface area contributed by atoms with E-state index in [4.69, 9.17) is 15.0 Å². The van der Waals surface area contributed by atoms with Gasteiger partial charge < -0.3 is 15.0 Å². The van der Waals surface area contributed by atoms with Crippen molar-refractivity contribution >= 4 is 7.12 Å². The van der Waals surface area contributed by atoms with E-state index < -0.39 is 0 Å². The molecule has 0 aromatic carbocycles. The molecule has 94 valence electrons. The lowest BCUT2D eigenvalue weighted by molar-refractivity contribution is 0.00578. The highest BCUT2D eigenvalue weighted by Gasteiger charge is 2.50. The first-order valence-electron chi connectivity index (χ1n) is 6.45. The second-order valence-electron chi connectivity index (χ2n) is 5.68. The standard InChI is InChI=1S/C12H26BNO2/c1-11(2)12(3,4)16-13(15-11)9-7-5-6-8-10-14/h5-10,14H2,1-4H3. The number of hydrogen-bond acceptors (Lipinski definition) is 3. The summed E-state index contributed by atoms with van der Waals surface area (Å²) in [7, 11) is -0.0251. The predicted octanol–water partition coefficient (Wildman–Crippen LogP) is 2.60. The zero-order valence-corrected chi connectivity index (χ0v) is 11.2. The van der Waals surface area contributed by atoms with Gasteiger partial charge in [0, 0.05) is 0 Å². The first kappa shape index (κ1) is 14.0. The minimum atomic E-state index is -0.186. The minimum absolute atomic E-state index is 0.0251. The lowest BCUT2D eigenvalue weighted by Crippen LogP contribution is -2.41. The van der Waals surface area contributed by atoms with Gasteiger partial charge in [0.2, 0.25) is 0 Å². The lowest BCUT2D eigenvalue weighted by Gasteiger charge is -2.32. The van der Waals surface area contributed by atoms with Gasteiger partial charge in [0.15, 0.2) is 0 Å². The average Bonchev–Trinajstić information content (AvgIpc) is 2.35. The van der Waals surface area contributed by atoms with Crippen LogP contribution in [0.1, 0.15) is 53.4 Å². The highest BCUT2D eigenvalue weighted by molar-refractivity contribution is 6.45. The summed E-state index contributed by atoms with van der Waals surface area (Å²) in [4.78, 5) is 0. The largest absolute Gasteiger partial charge is 0.457 e. The quantitative estimate of drug-likeness (QED) is 0.560. The molecule has 1 fully saturated rings. The van der Waals surface area contributed by atoms with Crippen LogP contribution in [0.5, 0.6) is 0 Å². The van der Waals surface area contributed by atoms with Crippen LogP contribution in [0, 0.1) is 0 Å². The molecule has 0 atom stereocenters. The normalized spacial score (nSPS) is 22.7. The molecule has 1 saturated heterocycles. The second kappa shape index (κ2) is 5.52. The molecular formula is C12H26BNO2. The summed E-state index contributed by atoms with van der Waals surface area (Å²) >= 11 is 0. The van der Waals surface area contributed by atoms with Gasteiger partial charge in [-0.1, -0.05) is 19.3 Å². The van der Waals surface area contributed by atoms with Crippen LogP contribution >= 0.6 is 0 Å². The van der Waals surface area contributed by atoms with Gasteiger partial charge in [-0.2, -0.15) is 0 Å². The van der Waals surface area contributed by atoms with Crippen molar-refractivity contribution in [3.05, 3.63) is 0 Å². The van der Waals surface area contributed by atoms with Gasteiger partial charge in [-0.05, 0) is 47.0 Å². The van der Waals surface area contributed by atoms with Gasteiger partial charge in [0.1, 0.15) is 0 Å². The van der Waals surface area contributed by atoms with E-state index in [1.54, 1.807) is 0 Å². The van der Waals surface area contributed by atoms with E-state index in [9.17, 15) is 0 Å². The van der Waals surface area contributed by atoms with Gasteiger partial charge in [-0.3, -0.25) is 0 Å². The van der Waals surface area contributed by atoms with Gasteiger partial charge in [0.25, 0.3) is 0 Å². The molecule has 1 heterocycles. The molecule has 1 aliphatic heterocycles. The molecule has 0 spiro atoms. The average molecular weight is 227 g/mol. The Morgan fingerprint density at radius 3 is 1.88 bits per heavy atom. The van der Waals surface area contributed by atoms with E-state index in [1.165, 1.54) is 12.8 Å². The van der Waals surface area contributed by atoms with Crippen LogP contribution in [-0.4, -0.2) is 24.9 Å². The zero-order valence-electron chi connectivity index (χ0n) is 11.2. The monoisotopic (exact) mass is 227 g/mol. The molecule has 0 radical (unpaired) electrons. The van der Waals surface area contributed by atoms with E-state index in [2.05, 4.69) is 27.7 Å². The summed E-state index contributed by atoms with van der Waals surface area (Å²) in [6.07, 6.45) is 5.73. The molecule has 2 N–H and O–H groups in total. The summed E-state index contributed by atoms with van der Waals surface area (Å²) in [6, 6.07) is 0. The Bertz CT molecular complexity index is 203. The number of hydrogen-bond donors (Lipinski definition) is 1. The van der Waals surface area contributed by atoms with Crippen LogP contribution in [0.4, 0.5) is 0 Å². The molecule has 1 aliphatic rings. The fourth-order valence-electron chi connectivity index (χ4n) is 1.89. The van der Waals surface area contributed by atoms with Gasteiger partial charge in [0.05, 0.1) is 11.2 Å². The highest BCUT2D eigenvalue weighted by atomic mass is 16.7. The smallest absolute Gasteiger partial charge is 0.403 e. The van der Waals surface area contributed by atoms with Crippen LogP contribution in [0.15, 0.2) is 0 Å². The van der Waals surface area contributed by atoms with Crippen molar-refractivity contribution in [1.82, 2.24) is 0 Å². The van der Waals surface area contributed by atoms with E-state index in [1.807, 2.05) is 0 Å². The van der Waals surface area contributed by atoms with Crippen molar-refractivity contribution in [2.24, 2.45) is 5.73 Å². The molecule has 0 bridgehead atoms. The second-order valence-corrected chi connectivity index (χ2v) is 5.68. The summed E-state index contributed by atoms with van der Waals surface area (Å²) in [5.74, 6) is 0. The maximum Gasteiger partial charge on any atom is 0.457 e. The molecule has 1 rings (SSSR count). The number of rotatable bonds is 6. The minimum Gasteiger partial charge on any atom is -0.403 e. The SMILES string of the molecule is CC1(C)OB(CCCCCCN)OC1(C)C. The first-order valence-corrected chi connectivity index (χ1v) is 6.45. The Balaban J connectivity index is 2.21. The van der Waals surface area contributed by atoms with E-state index >= 15 is 0 Å². The molecule has 0 amide bonds. The van der Waals surface area contributed by atoms with Crippen molar-refractivity contribution in [3.8, 4) is 0 Å². The molecule has 4 heteroatoms. The fraction of sp³-hybridized carbons (Fsp3) is 1.00. The molecule has 3 nitrogen and oxygen atoms in total. The third-order valence-corrected chi connectivity index (χ3v) is 3.70. The van der Waals surface area contributed by atoms with Crippen molar-refractivity contribution < 1.29 is 9.31 Å². The number of unbranched alkanes of at least 4 members (excludes halogenated alkanes) is 3. The lowest BCUT2D eigenvalue weighted by atomic mass is 9.82. The first-order chi connectivity index (χ1) is 7.39. The number of nitrogens with two attached hydrogens (primary N) is 1. The van der Waals surface area contributed by atoms with E-state index in [-0.39, 0.29) is 18.3 Å². The molecule has 0 aliphatic carbocycles.